The van der Waals surface area contributed by atoms with Gasteiger partial charge in [0.25, 0.3) is 5.91 Å². The van der Waals surface area contributed by atoms with Gasteiger partial charge in [-0.15, -0.1) is 0 Å². The normalized spacial score (nSPS) is 23.3. The van der Waals surface area contributed by atoms with Crippen LogP contribution in [-0.4, -0.2) is 55.6 Å². The van der Waals surface area contributed by atoms with Gasteiger partial charge in [-0.2, -0.15) is 0 Å². The molecule has 1 aromatic carbocycles. The fourth-order valence-electron chi connectivity index (χ4n) is 6.31. The minimum Gasteiger partial charge on any atom is -0.494 e. The Morgan fingerprint density at radius 3 is 2.75 bits per heavy atom. The minimum absolute atomic E-state index is 0.00359. The Morgan fingerprint density at radius 1 is 1.22 bits per heavy atom. The smallest absolute Gasteiger partial charge is 0.254 e. The number of aromatic nitrogens is 4. The number of carbonyl (C=O) groups excluding carboxylic acids is 1. The van der Waals surface area contributed by atoms with Gasteiger partial charge in [-0.1, -0.05) is 11.6 Å². The summed E-state index contributed by atoms with van der Waals surface area (Å²) in [5.74, 6) is 2.48. The van der Waals surface area contributed by atoms with Crippen molar-refractivity contribution in [2.45, 2.75) is 44.3 Å². The SMILES string of the molecule is COc1cc(C(=O)N2C[C@H]3CC[C@@H]2[C@@H]3N)cc2nc(-c3cc4c(Cl)ccnc4n3CC3CC3)n(C)c12. The van der Waals surface area contributed by atoms with Crippen molar-refractivity contribution < 1.29 is 9.53 Å². The number of halogens is 1. The van der Waals surface area contributed by atoms with Gasteiger partial charge in [0.05, 0.1) is 23.3 Å². The maximum absolute atomic E-state index is 13.5. The van der Waals surface area contributed by atoms with E-state index >= 15 is 0 Å². The number of rotatable bonds is 5. The lowest BCUT2D eigenvalue weighted by Crippen LogP contribution is -2.41. The van der Waals surface area contributed by atoms with Crippen LogP contribution in [0.5, 0.6) is 5.75 Å². The van der Waals surface area contributed by atoms with Crippen LogP contribution in [0.15, 0.2) is 30.5 Å². The maximum atomic E-state index is 13.5. The van der Waals surface area contributed by atoms with E-state index in [1.165, 1.54) is 12.8 Å². The van der Waals surface area contributed by atoms with Crippen LogP contribution in [0.4, 0.5) is 0 Å². The van der Waals surface area contributed by atoms with Gasteiger partial charge in [-0.05, 0) is 61.8 Å². The monoisotopic (exact) mass is 504 g/mol. The van der Waals surface area contributed by atoms with Crippen molar-refractivity contribution in [2.24, 2.45) is 24.6 Å². The van der Waals surface area contributed by atoms with E-state index in [1.54, 1.807) is 13.3 Å². The number of nitrogens with two attached hydrogens (primary N) is 1. The van der Waals surface area contributed by atoms with E-state index in [2.05, 4.69) is 15.6 Å². The fraction of sp³-hybridized carbons (Fsp3) is 0.444. The fourth-order valence-corrected chi connectivity index (χ4v) is 6.51. The van der Waals surface area contributed by atoms with Crippen LogP contribution in [0.3, 0.4) is 0 Å². The summed E-state index contributed by atoms with van der Waals surface area (Å²) < 4.78 is 10.1. The van der Waals surface area contributed by atoms with Gasteiger partial charge >= 0.3 is 0 Å². The summed E-state index contributed by atoms with van der Waals surface area (Å²) >= 11 is 6.55. The van der Waals surface area contributed by atoms with E-state index < -0.39 is 0 Å². The first kappa shape index (κ1) is 22.1. The lowest BCUT2D eigenvalue weighted by molar-refractivity contribution is 0.0700. The van der Waals surface area contributed by atoms with Crippen molar-refractivity contribution in [3.05, 3.63) is 41.0 Å². The first-order valence-corrected chi connectivity index (χ1v) is 13.1. The second kappa shape index (κ2) is 7.95. The molecule has 36 heavy (non-hydrogen) atoms. The molecule has 8 nitrogen and oxygen atoms in total. The molecule has 3 aliphatic rings. The molecule has 2 bridgehead atoms. The Kier molecular flexibility index (Phi) is 4.89. The van der Waals surface area contributed by atoms with Gasteiger partial charge in [0.15, 0.2) is 5.82 Å². The molecule has 3 fully saturated rings. The molecular weight excluding hydrogens is 476 g/mol. The van der Waals surface area contributed by atoms with Crippen molar-refractivity contribution in [3.63, 3.8) is 0 Å². The van der Waals surface area contributed by atoms with E-state index in [1.807, 2.05) is 34.7 Å². The number of pyridine rings is 1. The molecule has 3 atom stereocenters. The van der Waals surface area contributed by atoms with Crippen molar-refractivity contribution in [3.8, 4) is 17.3 Å². The Balaban J connectivity index is 1.36. The van der Waals surface area contributed by atoms with Crippen LogP contribution in [0.1, 0.15) is 36.0 Å². The van der Waals surface area contributed by atoms with Crippen molar-refractivity contribution >= 4 is 39.6 Å². The number of methoxy groups -OCH3 is 1. The molecule has 2 saturated carbocycles. The van der Waals surface area contributed by atoms with Crippen molar-refractivity contribution in [1.29, 1.82) is 0 Å². The topological polar surface area (TPSA) is 91.2 Å². The number of piperidine rings is 1. The van der Waals surface area contributed by atoms with Crippen molar-refractivity contribution in [2.75, 3.05) is 13.7 Å². The first-order valence-electron chi connectivity index (χ1n) is 12.7. The molecule has 0 radical (unpaired) electrons. The maximum Gasteiger partial charge on any atom is 0.254 e. The van der Waals surface area contributed by atoms with E-state index in [-0.39, 0.29) is 18.0 Å². The zero-order valence-corrected chi connectivity index (χ0v) is 21.2. The molecule has 1 aliphatic heterocycles. The predicted molar refractivity (Wildman–Crippen MR) is 139 cm³/mol. The summed E-state index contributed by atoms with van der Waals surface area (Å²) in [5, 5.41) is 1.60. The molecule has 3 aromatic heterocycles. The van der Waals surface area contributed by atoms with Crippen LogP contribution in [-0.2, 0) is 13.6 Å². The van der Waals surface area contributed by atoms with E-state index in [0.29, 0.717) is 28.2 Å². The second-order valence-corrected chi connectivity index (χ2v) is 11.0. The zero-order chi connectivity index (χ0) is 24.7. The molecule has 4 aromatic rings. The first-order chi connectivity index (χ1) is 17.4. The predicted octanol–water partition coefficient (Wildman–Crippen LogP) is 4.22. The number of fused-ring (bicyclic) bond motifs is 4. The van der Waals surface area contributed by atoms with Crippen LogP contribution in [0, 0.1) is 11.8 Å². The summed E-state index contributed by atoms with van der Waals surface area (Å²) in [5.41, 5.74) is 10.4. The summed E-state index contributed by atoms with van der Waals surface area (Å²) in [7, 11) is 3.62. The number of aryl methyl sites for hydroxylation is 1. The lowest BCUT2D eigenvalue weighted by Gasteiger charge is -2.27. The third kappa shape index (κ3) is 3.20. The summed E-state index contributed by atoms with van der Waals surface area (Å²) in [6.07, 6.45) is 6.29. The molecular formula is C27H29ClN6O2. The van der Waals surface area contributed by atoms with Crippen LogP contribution in [0.25, 0.3) is 33.6 Å². The number of amides is 1. The van der Waals surface area contributed by atoms with Gasteiger partial charge in [-0.3, -0.25) is 4.79 Å². The van der Waals surface area contributed by atoms with E-state index in [9.17, 15) is 4.79 Å². The van der Waals surface area contributed by atoms with Crippen LogP contribution < -0.4 is 10.5 Å². The third-order valence-electron chi connectivity index (χ3n) is 8.43. The summed E-state index contributed by atoms with van der Waals surface area (Å²) in [6, 6.07) is 7.83. The lowest BCUT2D eigenvalue weighted by atomic mass is 10.1. The van der Waals surface area contributed by atoms with Gasteiger partial charge in [0.2, 0.25) is 0 Å². The number of carbonyl (C=O) groups is 1. The molecule has 0 unspecified atom stereocenters. The third-order valence-corrected chi connectivity index (χ3v) is 8.76. The number of likely N-dealkylation sites (tertiary alicyclic amines) is 1. The molecule has 0 spiro atoms. The molecule has 1 saturated heterocycles. The second-order valence-electron chi connectivity index (χ2n) is 10.6. The number of nitrogens with zero attached hydrogens (tertiary/aromatic N) is 5. The molecule has 7 rings (SSSR count). The number of ether oxygens (including phenoxy) is 1. The average Bonchev–Trinajstić information content (AvgIpc) is 3.27. The number of hydrogen-bond acceptors (Lipinski definition) is 5. The van der Waals surface area contributed by atoms with Gasteiger partial charge in [-0.25, -0.2) is 9.97 Å². The quantitative estimate of drug-likeness (QED) is 0.439. The Morgan fingerprint density at radius 2 is 2.06 bits per heavy atom. The molecule has 4 heterocycles. The van der Waals surface area contributed by atoms with E-state index in [4.69, 9.17) is 27.1 Å². The summed E-state index contributed by atoms with van der Waals surface area (Å²) in [4.78, 5) is 25.2. The van der Waals surface area contributed by atoms with Crippen molar-refractivity contribution in [1.82, 2.24) is 24.0 Å². The van der Waals surface area contributed by atoms with Crippen LogP contribution >= 0.6 is 11.6 Å². The highest BCUT2D eigenvalue weighted by Crippen LogP contribution is 2.40. The molecule has 2 aliphatic carbocycles. The molecule has 9 heteroatoms. The Bertz CT molecular complexity index is 1540. The Labute approximate surface area is 214 Å². The molecule has 2 N–H and O–H groups in total. The van der Waals surface area contributed by atoms with Gasteiger partial charge < -0.3 is 24.5 Å². The van der Waals surface area contributed by atoms with Gasteiger partial charge in [0, 0.05) is 49.4 Å². The van der Waals surface area contributed by atoms with E-state index in [0.717, 1.165) is 59.5 Å². The van der Waals surface area contributed by atoms with Gasteiger partial charge in [0.1, 0.15) is 16.9 Å². The number of benzene rings is 1. The van der Waals surface area contributed by atoms with Crippen LogP contribution in [0.2, 0.25) is 5.02 Å². The Hall–Kier alpha value is -3.10. The zero-order valence-electron chi connectivity index (χ0n) is 20.4. The molecule has 1 amide bonds. The highest BCUT2D eigenvalue weighted by atomic mass is 35.5. The summed E-state index contributed by atoms with van der Waals surface area (Å²) in [6.45, 7) is 1.61. The highest BCUT2D eigenvalue weighted by molar-refractivity contribution is 6.35. The largest absolute Gasteiger partial charge is 0.494 e. The number of imidazole rings is 1. The number of hydrogen-bond donors (Lipinski definition) is 1. The highest BCUT2D eigenvalue weighted by Gasteiger charge is 2.47. The standard InChI is InChI=1S/C27H29ClN6O2/c1-32-24-19(9-16(10-22(24)36-2)27(35)34-13-15-5-6-20(34)23(15)29)31-26(32)21-11-17-18(28)7-8-30-25(17)33(21)12-14-3-4-14/h7-11,14-15,20,23H,3-6,12-13,29H2,1-2H3/t15-,20-,23-/m1/s1. The average molecular weight is 505 g/mol. The minimum atomic E-state index is 0.00359. The molecule has 186 valence electrons.